The fraction of sp³-hybridized carbons (Fsp3) is 0.458. The van der Waals surface area contributed by atoms with Crippen LogP contribution in [-0.2, 0) is 16.0 Å². The van der Waals surface area contributed by atoms with Crippen LogP contribution in [0.3, 0.4) is 0 Å². The molecule has 2 rings (SSSR count). The molecule has 0 bridgehead atoms. The molecule has 0 radical (unpaired) electrons. The van der Waals surface area contributed by atoms with Crippen LogP contribution < -0.4 is 5.32 Å². The van der Waals surface area contributed by atoms with Crippen LogP contribution in [0.2, 0.25) is 0 Å². The Hall–Kier alpha value is -3.09. The first-order chi connectivity index (χ1) is 14.8. The Bertz CT molecular complexity index is 856. The average molecular weight is 425 g/mol. The van der Waals surface area contributed by atoms with Crippen molar-refractivity contribution in [2.45, 2.75) is 46.1 Å². The molecule has 2 aromatic rings. The molecule has 0 saturated heterocycles. The predicted octanol–water partition coefficient (Wildman–Crippen LogP) is 2.92. The number of amides is 2. The van der Waals surface area contributed by atoms with Gasteiger partial charge in [0.15, 0.2) is 5.78 Å². The normalized spacial score (nSPS) is 12.8. The van der Waals surface area contributed by atoms with Gasteiger partial charge in [0.1, 0.15) is 5.69 Å². The Kier molecular flexibility index (Phi) is 9.31. The van der Waals surface area contributed by atoms with Crippen molar-refractivity contribution in [3.63, 3.8) is 0 Å². The van der Waals surface area contributed by atoms with E-state index >= 15 is 0 Å². The molecule has 1 N–H and O–H groups in total. The quantitative estimate of drug-likeness (QED) is 0.599. The third-order valence-corrected chi connectivity index (χ3v) is 5.18. The van der Waals surface area contributed by atoms with Crippen molar-refractivity contribution < 1.29 is 14.4 Å². The number of aromatic nitrogens is 2. The van der Waals surface area contributed by atoms with Crippen molar-refractivity contribution >= 4 is 17.6 Å². The van der Waals surface area contributed by atoms with Gasteiger partial charge < -0.3 is 10.2 Å². The molecule has 0 aliphatic rings. The Morgan fingerprint density at radius 3 is 2.39 bits per heavy atom. The smallest absolute Gasteiger partial charge is 0.272 e. The summed E-state index contributed by atoms with van der Waals surface area (Å²) in [6, 6.07) is 8.75. The molecule has 0 fully saturated rings. The van der Waals surface area contributed by atoms with E-state index in [1.165, 1.54) is 18.6 Å². The maximum absolute atomic E-state index is 13.3. The zero-order valence-electron chi connectivity index (χ0n) is 18.7. The highest BCUT2D eigenvalue weighted by Crippen LogP contribution is 2.20. The number of carbonyl (C=O) groups excluding carboxylic acids is 3. The number of hydrogen-bond acceptors (Lipinski definition) is 5. The van der Waals surface area contributed by atoms with Gasteiger partial charge in [-0.05, 0) is 31.2 Å². The largest absolute Gasteiger partial charge is 0.346 e. The van der Waals surface area contributed by atoms with Crippen LogP contribution in [0, 0.1) is 11.8 Å². The molecule has 0 aliphatic carbocycles. The predicted molar refractivity (Wildman–Crippen MR) is 119 cm³/mol. The fourth-order valence-corrected chi connectivity index (χ4v) is 3.44. The maximum atomic E-state index is 13.3. The summed E-state index contributed by atoms with van der Waals surface area (Å²) in [6.45, 7) is 6.56. The van der Waals surface area contributed by atoms with E-state index in [-0.39, 0.29) is 29.7 Å². The summed E-state index contributed by atoms with van der Waals surface area (Å²) < 4.78 is 0. The highest BCUT2D eigenvalue weighted by atomic mass is 16.2. The Morgan fingerprint density at radius 2 is 1.81 bits per heavy atom. The minimum absolute atomic E-state index is 0.0386. The van der Waals surface area contributed by atoms with Gasteiger partial charge in [0.2, 0.25) is 5.91 Å². The molecule has 0 saturated carbocycles. The third-order valence-electron chi connectivity index (χ3n) is 5.18. The van der Waals surface area contributed by atoms with Crippen molar-refractivity contribution in [2.75, 3.05) is 13.6 Å². The topological polar surface area (TPSA) is 92.3 Å². The highest BCUT2D eigenvalue weighted by Gasteiger charge is 2.30. The summed E-state index contributed by atoms with van der Waals surface area (Å²) in [5.41, 5.74) is 1.08. The van der Waals surface area contributed by atoms with E-state index in [2.05, 4.69) is 15.3 Å². The summed E-state index contributed by atoms with van der Waals surface area (Å²) in [6.07, 6.45) is 5.32. The van der Waals surface area contributed by atoms with E-state index in [0.29, 0.717) is 19.4 Å². The molecule has 7 nitrogen and oxygen atoms in total. The van der Waals surface area contributed by atoms with Crippen molar-refractivity contribution in [2.24, 2.45) is 11.8 Å². The minimum Gasteiger partial charge on any atom is -0.346 e. The Labute approximate surface area is 184 Å². The molecule has 0 spiro atoms. The van der Waals surface area contributed by atoms with Crippen molar-refractivity contribution in [3.8, 4) is 0 Å². The lowest BCUT2D eigenvalue weighted by Gasteiger charge is -2.25. The fourth-order valence-electron chi connectivity index (χ4n) is 3.44. The summed E-state index contributed by atoms with van der Waals surface area (Å²) in [5, 5.41) is 2.81. The van der Waals surface area contributed by atoms with Crippen LogP contribution in [0.1, 0.15) is 49.7 Å². The van der Waals surface area contributed by atoms with Crippen LogP contribution in [0.5, 0.6) is 0 Å². The maximum Gasteiger partial charge on any atom is 0.272 e. The number of nitrogens with one attached hydrogen (secondary N) is 1. The zero-order valence-corrected chi connectivity index (χ0v) is 18.7. The second-order valence-corrected chi connectivity index (χ2v) is 8.16. The standard InChI is InChI=1S/C24H32N4O3/c1-5-28(4)24(31)19(13-17(2)3)15-22(29)20(14-18-9-7-6-8-10-18)27-23(30)21-16-25-11-12-26-21/h6-12,16-17,19-20H,5,13-15H2,1-4H3,(H,27,30)/t19-,20+/m1/s1. The van der Waals surface area contributed by atoms with Crippen LogP contribution in [0.25, 0.3) is 0 Å². The van der Waals surface area contributed by atoms with Gasteiger partial charge in [-0.3, -0.25) is 19.4 Å². The lowest BCUT2D eigenvalue weighted by atomic mass is 9.88. The molecule has 1 aromatic carbocycles. The van der Waals surface area contributed by atoms with Gasteiger partial charge in [0.25, 0.3) is 5.91 Å². The van der Waals surface area contributed by atoms with Gasteiger partial charge >= 0.3 is 0 Å². The van der Waals surface area contributed by atoms with E-state index in [1.807, 2.05) is 51.1 Å². The number of rotatable bonds is 11. The van der Waals surface area contributed by atoms with Gasteiger partial charge in [-0.15, -0.1) is 0 Å². The van der Waals surface area contributed by atoms with E-state index in [4.69, 9.17) is 0 Å². The number of benzene rings is 1. The number of ketones is 1. The van der Waals surface area contributed by atoms with Crippen LogP contribution in [0.15, 0.2) is 48.9 Å². The van der Waals surface area contributed by atoms with Gasteiger partial charge in [-0.2, -0.15) is 0 Å². The van der Waals surface area contributed by atoms with Gasteiger partial charge in [0.05, 0.1) is 12.2 Å². The van der Waals surface area contributed by atoms with Gasteiger partial charge in [-0.1, -0.05) is 44.2 Å². The second kappa shape index (κ2) is 11.9. The second-order valence-electron chi connectivity index (χ2n) is 8.16. The molecular formula is C24H32N4O3. The molecule has 166 valence electrons. The minimum atomic E-state index is -0.758. The monoisotopic (exact) mass is 424 g/mol. The van der Waals surface area contributed by atoms with E-state index < -0.39 is 17.9 Å². The number of Topliss-reactive ketones (excluding diaryl/α,β-unsaturated/α-hetero) is 1. The molecular weight excluding hydrogens is 392 g/mol. The molecule has 2 atom stereocenters. The van der Waals surface area contributed by atoms with Gasteiger partial charge in [0, 0.05) is 38.3 Å². The summed E-state index contributed by atoms with van der Waals surface area (Å²) >= 11 is 0. The van der Waals surface area contributed by atoms with E-state index in [0.717, 1.165) is 5.56 Å². The first-order valence-corrected chi connectivity index (χ1v) is 10.7. The lowest BCUT2D eigenvalue weighted by molar-refractivity contribution is -0.137. The van der Waals surface area contributed by atoms with Crippen molar-refractivity contribution in [1.29, 1.82) is 0 Å². The lowest BCUT2D eigenvalue weighted by Crippen LogP contribution is -2.44. The molecule has 1 heterocycles. The van der Waals surface area contributed by atoms with Gasteiger partial charge in [-0.25, -0.2) is 4.98 Å². The van der Waals surface area contributed by atoms with Crippen LogP contribution in [-0.4, -0.2) is 52.1 Å². The van der Waals surface area contributed by atoms with Crippen molar-refractivity contribution in [1.82, 2.24) is 20.2 Å². The molecule has 0 unspecified atom stereocenters. The molecule has 31 heavy (non-hydrogen) atoms. The average Bonchev–Trinajstić information content (AvgIpc) is 2.78. The van der Waals surface area contributed by atoms with Crippen LogP contribution >= 0.6 is 0 Å². The van der Waals surface area contributed by atoms with E-state index in [1.54, 1.807) is 11.9 Å². The number of hydrogen-bond donors (Lipinski definition) is 1. The summed E-state index contributed by atoms with van der Waals surface area (Å²) in [7, 11) is 1.75. The van der Waals surface area contributed by atoms with Crippen LogP contribution in [0.4, 0.5) is 0 Å². The summed E-state index contributed by atoms with van der Waals surface area (Å²) in [4.78, 5) is 48.4. The first-order valence-electron chi connectivity index (χ1n) is 10.7. The Morgan fingerprint density at radius 1 is 1.10 bits per heavy atom. The SMILES string of the molecule is CCN(C)C(=O)[C@@H](CC(=O)[C@H](Cc1ccccc1)NC(=O)c1cnccn1)CC(C)C. The Balaban J connectivity index is 2.22. The number of nitrogens with zero attached hydrogens (tertiary/aromatic N) is 3. The first kappa shape index (κ1) is 24.2. The summed E-state index contributed by atoms with van der Waals surface area (Å²) in [5.74, 6) is -0.800. The zero-order chi connectivity index (χ0) is 22.8. The molecule has 1 aromatic heterocycles. The van der Waals surface area contributed by atoms with E-state index in [9.17, 15) is 14.4 Å². The highest BCUT2D eigenvalue weighted by molar-refractivity contribution is 5.97. The third kappa shape index (κ3) is 7.59. The molecule has 0 aliphatic heterocycles. The molecule has 7 heteroatoms. The van der Waals surface area contributed by atoms with Crippen molar-refractivity contribution in [3.05, 3.63) is 60.2 Å². The number of carbonyl (C=O) groups is 3. The molecule has 2 amide bonds.